The summed E-state index contributed by atoms with van der Waals surface area (Å²) in [5.41, 5.74) is 0.809. The second kappa shape index (κ2) is 9.49. The van der Waals surface area contributed by atoms with Crippen molar-refractivity contribution < 1.29 is 18.7 Å². The molecule has 2 amide bonds. The van der Waals surface area contributed by atoms with Gasteiger partial charge in [0.15, 0.2) is 0 Å². The first kappa shape index (κ1) is 21.3. The first-order valence-corrected chi connectivity index (χ1v) is 11.1. The number of hydrogen-bond acceptors (Lipinski definition) is 4. The molecular formula is C23H20ClFN2O3S. The summed E-state index contributed by atoms with van der Waals surface area (Å²) in [6.45, 7) is 2.04. The van der Waals surface area contributed by atoms with E-state index in [1.54, 1.807) is 39.3 Å². The highest BCUT2D eigenvalue weighted by Crippen LogP contribution is 2.21. The summed E-state index contributed by atoms with van der Waals surface area (Å²) in [6.07, 6.45) is 0. The van der Waals surface area contributed by atoms with E-state index in [1.165, 1.54) is 12.1 Å². The molecule has 0 spiro atoms. The van der Waals surface area contributed by atoms with Gasteiger partial charge in [0.2, 0.25) is 0 Å². The monoisotopic (exact) mass is 458 g/mol. The van der Waals surface area contributed by atoms with E-state index >= 15 is 0 Å². The normalized spacial score (nSPS) is 13.9. The van der Waals surface area contributed by atoms with Crippen molar-refractivity contribution in [2.24, 2.45) is 0 Å². The molecule has 1 aliphatic rings. The van der Waals surface area contributed by atoms with Crippen LogP contribution in [-0.2, 0) is 6.61 Å². The van der Waals surface area contributed by atoms with E-state index < -0.39 is 5.82 Å². The molecule has 0 N–H and O–H groups in total. The van der Waals surface area contributed by atoms with Gasteiger partial charge in [-0.05, 0) is 47.8 Å². The minimum atomic E-state index is -0.487. The number of benzene rings is 2. The molecule has 0 bridgehead atoms. The SMILES string of the molecule is O=C(c1cccc(OCc2cccs2)c1)N1CCN(C(=O)c2ccc(F)cc2Cl)CC1. The largest absolute Gasteiger partial charge is 0.488 e. The van der Waals surface area contributed by atoms with Gasteiger partial charge >= 0.3 is 0 Å². The number of piperazine rings is 1. The zero-order valence-corrected chi connectivity index (χ0v) is 18.2. The van der Waals surface area contributed by atoms with Crippen molar-refractivity contribution in [1.82, 2.24) is 9.80 Å². The molecule has 31 heavy (non-hydrogen) atoms. The lowest BCUT2D eigenvalue weighted by molar-refractivity contribution is 0.0535. The zero-order chi connectivity index (χ0) is 21.8. The summed E-state index contributed by atoms with van der Waals surface area (Å²) in [7, 11) is 0. The van der Waals surface area contributed by atoms with Crippen LogP contribution in [0.4, 0.5) is 4.39 Å². The van der Waals surface area contributed by atoms with Crippen LogP contribution in [0.5, 0.6) is 5.75 Å². The molecule has 0 unspecified atom stereocenters. The lowest BCUT2D eigenvalue weighted by atomic mass is 10.1. The van der Waals surface area contributed by atoms with E-state index in [9.17, 15) is 14.0 Å². The van der Waals surface area contributed by atoms with Gasteiger partial charge in [0.05, 0.1) is 10.6 Å². The minimum Gasteiger partial charge on any atom is -0.488 e. The zero-order valence-electron chi connectivity index (χ0n) is 16.6. The van der Waals surface area contributed by atoms with E-state index in [4.69, 9.17) is 16.3 Å². The van der Waals surface area contributed by atoms with Crippen LogP contribution in [0.25, 0.3) is 0 Å². The molecule has 2 heterocycles. The Morgan fingerprint density at radius 3 is 2.39 bits per heavy atom. The smallest absolute Gasteiger partial charge is 0.255 e. The molecule has 2 aromatic carbocycles. The van der Waals surface area contributed by atoms with Gasteiger partial charge in [0, 0.05) is 36.6 Å². The highest BCUT2D eigenvalue weighted by Gasteiger charge is 2.26. The Hall–Kier alpha value is -2.90. The van der Waals surface area contributed by atoms with Gasteiger partial charge in [-0.3, -0.25) is 9.59 Å². The quantitative estimate of drug-likeness (QED) is 0.556. The van der Waals surface area contributed by atoms with Gasteiger partial charge in [-0.1, -0.05) is 23.7 Å². The first-order valence-electron chi connectivity index (χ1n) is 9.80. The molecule has 8 heteroatoms. The first-order chi connectivity index (χ1) is 15.0. The number of halogens is 2. The fraction of sp³-hybridized carbons (Fsp3) is 0.217. The predicted molar refractivity (Wildman–Crippen MR) is 118 cm³/mol. The highest BCUT2D eigenvalue weighted by atomic mass is 35.5. The molecule has 3 aromatic rings. The van der Waals surface area contributed by atoms with Crippen LogP contribution in [0.15, 0.2) is 60.0 Å². The van der Waals surface area contributed by atoms with Crippen LogP contribution in [0.3, 0.4) is 0 Å². The van der Waals surface area contributed by atoms with E-state index in [2.05, 4.69) is 0 Å². The van der Waals surface area contributed by atoms with Crippen molar-refractivity contribution in [3.05, 3.63) is 86.8 Å². The van der Waals surface area contributed by atoms with E-state index in [0.29, 0.717) is 44.1 Å². The van der Waals surface area contributed by atoms with Crippen molar-refractivity contribution in [2.45, 2.75) is 6.61 Å². The number of carbonyl (C=O) groups is 2. The van der Waals surface area contributed by atoms with Crippen molar-refractivity contribution in [3.8, 4) is 5.75 Å². The lowest BCUT2D eigenvalue weighted by Crippen LogP contribution is -2.50. The van der Waals surface area contributed by atoms with Gasteiger partial charge in [-0.15, -0.1) is 11.3 Å². The lowest BCUT2D eigenvalue weighted by Gasteiger charge is -2.35. The number of hydrogen-bond donors (Lipinski definition) is 0. The molecule has 0 radical (unpaired) electrons. The molecule has 4 rings (SSSR count). The summed E-state index contributed by atoms with van der Waals surface area (Å²) in [5.74, 6) is -0.216. The van der Waals surface area contributed by atoms with Gasteiger partial charge in [-0.2, -0.15) is 0 Å². The predicted octanol–water partition coefficient (Wildman–Crippen LogP) is 4.72. The fourth-order valence-corrected chi connectivity index (χ4v) is 4.26. The number of carbonyl (C=O) groups excluding carboxylic acids is 2. The van der Waals surface area contributed by atoms with Crippen molar-refractivity contribution >= 4 is 34.8 Å². The summed E-state index contributed by atoms with van der Waals surface area (Å²) in [6, 6.07) is 14.8. The van der Waals surface area contributed by atoms with Crippen LogP contribution in [0.1, 0.15) is 25.6 Å². The van der Waals surface area contributed by atoms with Crippen LogP contribution < -0.4 is 4.74 Å². The molecular weight excluding hydrogens is 439 g/mol. The second-order valence-corrected chi connectivity index (χ2v) is 8.54. The molecule has 160 valence electrons. The Morgan fingerprint density at radius 1 is 0.968 bits per heavy atom. The average molecular weight is 459 g/mol. The molecule has 1 saturated heterocycles. The van der Waals surface area contributed by atoms with Gasteiger partial charge in [-0.25, -0.2) is 4.39 Å². The molecule has 1 fully saturated rings. The third kappa shape index (κ3) is 5.06. The summed E-state index contributed by atoms with van der Waals surface area (Å²) in [4.78, 5) is 30.1. The molecule has 0 aliphatic carbocycles. The van der Waals surface area contributed by atoms with Crippen LogP contribution in [0, 0.1) is 5.82 Å². The molecule has 0 saturated carbocycles. The van der Waals surface area contributed by atoms with Crippen LogP contribution >= 0.6 is 22.9 Å². The van der Waals surface area contributed by atoms with Crippen molar-refractivity contribution in [1.29, 1.82) is 0 Å². The third-order valence-corrected chi connectivity index (χ3v) is 6.22. The van der Waals surface area contributed by atoms with Crippen molar-refractivity contribution in [3.63, 3.8) is 0 Å². The van der Waals surface area contributed by atoms with Gasteiger partial charge in [0.25, 0.3) is 11.8 Å². The Bertz CT molecular complexity index is 1080. The van der Waals surface area contributed by atoms with E-state index in [1.807, 2.05) is 23.6 Å². The van der Waals surface area contributed by atoms with E-state index in [0.717, 1.165) is 10.9 Å². The van der Waals surface area contributed by atoms with Gasteiger partial charge < -0.3 is 14.5 Å². The summed E-state index contributed by atoms with van der Waals surface area (Å²) in [5, 5.41) is 2.08. The average Bonchev–Trinajstić information content (AvgIpc) is 3.31. The molecule has 5 nitrogen and oxygen atoms in total. The Kier molecular flexibility index (Phi) is 6.53. The Morgan fingerprint density at radius 2 is 1.71 bits per heavy atom. The van der Waals surface area contributed by atoms with Crippen LogP contribution in [-0.4, -0.2) is 47.8 Å². The second-order valence-electron chi connectivity index (χ2n) is 7.10. The fourth-order valence-electron chi connectivity index (χ4n) is 3.40. The number of amides is 2. The number of rotatable bonds is 5. The van der Waals surface area contributed by atoms with Gasteiger partial charge in [0.1, 0.15) is 18.2 Å². The topological polar surface area (TPSA) is 49.9 Å². The number of thiophene rings is 1. The molecule has 0 atom stereocenters. The maximum atomic E-state index is 13.2. The Labute approximate surface area is 188 Å². The van der Waals surface area contributed by atoms with Crippen LogP contribution in [0.2, 0.25) is 5.02 Å². The Balaban J connectivity index is 1.36. The summed E-state index contributed by atoms with van der Waals surface area (Å²) >= 11 is 7.63. The third-order valence-electron chi connectivity index (χ3n) is 5.06. The summed E-state index contributed by atoms with van der Waals surface area (Å²) < 4.78 is 19.0. The molecule has 1 aromatic heterocycles. The number of nitrogens with zero attached hydrogens (tertiary/aromatic N) is 2. The number of ether oxygens (including phenoxy) is 1. The minimum absolute atomic E-state index is 0.0860. The maximum absolute atomic E-state index is 13.2. The van der Waals surface area contributed by atoms with E-state index in [-0.39, 0.29) is 22.4 Å². The molecule has 1 aliphatic heterocycles. The highest BCUT2D eigenvalue weighted by molar-refractivity contribution is 7.09. The maximum Gasteiger partial charge on any atom is 0.255 e. The standard InChI is InChI=1S/C23H20ClFN2O3S/c24-21-14-17(25)6-7-20(21)23(29)27-10-8-26(9-11-27)22(28)16-3-1-4-18(13-16)30-15-19-5-2-12-31-19/h1-7,12-14H,8-11,15H2. The van der Waals surface area contributed by atoms with Crippen molar-refractivity contribution in [2.75, 3.05) is 26.2 Å².